The number of fused-ring (bicyclic) bond motifs is 1. The molecule has 0 aliphatic carbocycles. The lowest BCUT2D eigenvalue weighted by molar-refractivity contribution is 0.271. The maximum Gasteiger partial charge on any atom is 0.139 e. The molecule has 1 unspecified atom stereocenters. The van der Waals surface area contributed by atoms with Crippen LogP contribution in [0.3, 0.4) is 0 Å². The molecule has 0 fully saturated rings. The van der Waals surface area contributed by atoms with Crippen molar-refractivity contribution in [2.75, 3.05) is 19.0 Å². The predicted molar refractivity (Wildman–Crippen MR) is 94.2 cm³/mol. The second-order valence-electron chi connectivity index (χ2n) is 5.21. The molecule has 0 aliphatic rings. The van der Waals surface area contributed by atoms with Gasteiger partial charge in [0.05, 0.1) is 25.1 Å². The van der Waals surface area contributed by atoms with E-state index >= 15 is 0 Å². The van der Waals surface area contributed by atoms with Crippen LogP contribution in [0, 0.1) is 0 Å². The third kappa shape index (κ3) is 3.13. The van der Waals surface area contributed by atoms with Gasteiger partial charge < -0.3 is 15.2 Å². The Balaban J connectivity index is 2.06. The van der Waals surface area contributed by atoms with Crippen LogP contribution >= 0.6 is 11.3 Å². The normalized spacial score (nSPS) is 12.3. The molecule has 6 heteroatoms. The first kappa shape index (κ1) is 15.7. The van der Waals surface area contributed by atoms with Crippen molar-refractivity contribution < 1.29 is 9.84 Å². The van der Waals surface area contributed by atoms with Crippen LogP contribution < -0.4 is 10.1 Å². The Hall–Kier alpha value is -2.18. The van der Waals surface area contributed by atoms with Crippen LogP contribution in [-0.2, 0) is 0 Å². The van der Waals surface area contributed by atoms with Crippen LogP contribution in [0.5, 0.6) is 5.75 Å². The van der Waals surface area contributed by atoms with Crippen molar-refractivity contribution in [3.8, 4) is 16.9 Å². The summed E-state index contributed by atoms with van der Waals surface area (Å²) in [6.07, 6.45) is 2.38. The summed E-state index contributed by atoms with van der Waals surface area (Å²) in [5, 5.41) is 15.8. The number of rotatable bonds is 6. The van der Waals surface area contributed by atoms with E-state index in [4.69, 9.17) is 4.74 Å². The lowest BCUT2D eigenvalue weighted by atomic mass is 10.1. The van der Waals surface area contributed by atoms with Gasteiger partial charge in [0, 0.05) is 10.9 Å². The molecule has 0 radical (unpaired) electrons. The molecule has 0 spiro atoms. The highest BCUT2D eigenvalue weighted by molar-refractivity contribution is 7.17. The fraction of sp³-hybridized carbons (Fsp3) is 0.294. The van der Waals surface area contributed by atoms with E-state index in [1.165, 1.54) is 0 Å². The minimum absolute atomic E-state index is 0.0169. The Morgan fingerprint density at radius 3 is 2.70 bits per heavy atom. The molecule has 1 atom stereocenters. The molecule has 0 saturated carbocycles. The summed E-state index contributed by atoms with van der Waals surface area (Å²) in [7, 11) is 1.66. The molecule has 2 aromatic heterocycles. The quantitative estimate of drug-likeness (QED) is 0.724. The number of aromatic nitrogens is 2. The van der Waals surface area contributed by atoms with Crippen molar-refractivity contribution in [2.45, 2.75) is 19.4 Å². The maximum absolute atomic E-state index is 9.44. The van der Waals surface area contributed by atoms with Crippen LogP contribution in [0.25, 0.3) is 21.3 Å². The predicted octanol–water partition coefficient (Wildman–Crippen LogP) is 3.55. The Morgan fingerprint density at radius 2 is 2.04 bits per heavy atom. The molecule has 3 aromatic rings. The lowest BCUT2D eigenvalue weighted by Crippen LogP contribution is -2.23. The van der Waals surface area contributed by atoms with E-state index in [0.717, 1.165) is 39.3 Å². The van der Waals surface area contributed by atoms with Crippen molar-refractivity contribution in [3.05, 3.63) is 36.0 Å². The van der Waals surface area contributed by atoms with Gasteiger partial charge in [-0.1, -0.05) is 19.1 Å². The molecule has 2 heterocycles. The number of methoxy groups -OCH3 is 1. The fourth-order valence-corrected chi connectivity index (χ4v) is 3.35. The van der Waals surface area contributed by atoms with Crippen molar-refractivity contribution in [1.29, 1.82) is 0 Å². The number of hydrogen-bond donors (Lipinski definition) is 2. The standard InChI is InChI=1S/C17H19N3O2S/c1-3-12(8-21)20-16-15-14(9-23-17(15)19-10-18-16)11-4-6-13(22-2)7-5-11/h4-7,9-10,12,21H,3,8H2,1-2H3,(H,18,19,20). The first-order chi connectivity index (χ1) is 11.3. The number of aliphatic hydroxyl groups excluding tert-OH is 1. The van der Waals surface area contributed by atoms with Crippen LogP contribution in [0.4, 0.5) is 5.82 Å². The van der Waals surface area contributed by atoms with E-state index in [9.17, 15) is 5.11 Å². The number of aliphatic hydroxyl groups is 1. The largest absolute Gasteiger partial charge is 0.497 e. The van der Waals surface area contributed by atoms with Gasteiger partial charge in [-0.2, -0.15) is 0 Å². The number of hydrogen-bond acceptors (Lipinski definition) is 6. The summed E-state index contributed by atoms with van der Waals surface area (Å²) in [5.74, 6) is 1.59. The second kappa shape index (κ2) is 6.93. The van der Waals surface area contributed by atoms with Gasteiger partial charge in [-0.15, -0.1) is 11.3 Å². The average molecular weight is 329 g/mol. The smallest absolute Gasteiger partial charge is 0.139 e. The molecular weight excluding hydrogens is 310 g/mol. The van der Waals surface area contributed by atoms with Crippen molar-refractivity contribution in [3.63, 3.8) is 0 Å². The third-order valence-corrected chi connectivity index (χ3v) is 4.71. The first-order valence-electron chi connectivity index (χ1n) is 7.50. The number of thiophene rings is 1. The Labute approximate surface area is 139 Å². The Morgan fingerprint density at radius 1 is 1.26 bits per heavy atom. The number of nitrogens with one attached hydrogen (secondary N) is 1. The van der Waals surface area contributed by atoms with E-state index in [-0.39, 0.29) is 12.6 Å². The SMILES string of the molecule is CCC(CO)Nc1ncnc2scc(-c3ccc(OC)cc3)c12. The minimum Gasteiger partial charge on any atom is -0.497 e. The number of benzene rings is 1. The average Bonchev–Trinajstić information content (AvgIpc) is 3.04. The summed E-state index contributed by atoms with van der Waals surface area (Å²) in [6.45, 7) is 2.11. The molecule has 3 rings (SSSR count). The van der Waals surface area contributed by atoms with Gasteiger partial charge in [0.2, 0.25) is 0 Å². The highest BCUT2D eigenvalue weighted by Gasteiger charge is 2.15. The van der Waals surface area contributed by atoms with Crippen molar-refractivity contribution in [2.24, 2.45) is 0 Å². The summed E-state index contributed by atoms with van der Waals surface area (Å²) in [5.41, 5.74) is 2.18. The lowest BCUT2D eigenvalue weighted by Gasteiger charge is -2.15. The molecule has 0 saturated heterocycles. The number of ether oxygens (including phenoxy) is 1. The van der Waals surface area contributed by atoms with Gasteiger partial charge in [0.1, 0.15) is 22.7 Å². The summed E-state index contributed by atoms with van der Waals surface area (Å²) < 4.78 is 5.22. The zero-order chi connectivity index (χ0) is 16.2. The van der Waals surface area contributed by atoms with Crippen LogP contribution in [-0.4, -0.2) is 34.8 Å². The van der Waals surface area contributed by atoms with Gasteiger partial charge in [-0.05, 0) is 24.1 Å². The summed E-state index contributed by atoms with van der Waals surface area (Å²) >= 11 is 1.59. The molecule has 0 bridgehead atoms. The Kier molecular flexibility index (Phi) is 4.73. The van der Waals surface area contributed by atoms with E-state index in [1.54, 1.807) is 24.8 Å². The molecule has 5 nitrogen and oxygen atoms in total. The van der Waals surface area contributed by atoms with Gasteiger partial charge in [0.25, 0.3) is 0 Å². The van der Waals surface area contributed by atoms with E-state index in [0.29, 0.717) is 0 Å². The van der Waals surface area contributed by atoms with E-state index < -0.39 is 0 Å². The third-order valence-electron chi connectivity index (χ3n) is 3.83. The zero-order valence-electron chi connectivity index (χ0n) is 13.1. The van der Waals surface area contributed by atoms with E-state index in [1.807, 2.05) is 31.2 Å². The molecule has 120 valence electrons. The molecule has 1 aromatic carbocycles. The van der Waals surface area contributed by atoms with Crippen LogP contribution in [0.15, 0.2) is 36.0 Å². The maximum atomic E-state index is 9.44. The molecule has 2 N–H and O–H groups in total. The Bertz CT molecular complexity index is 782. The van der Waals surface area contributed by atoms with Gasteiger partial charge in [0.15, 0.2) is 0 Å². The summed E-state index contributed by atoms with van der Waals surface area (Å²) in [4.78, 5) is 9.68. The van der Waals surface area contributed by atoms with Gasteiger partial charge in [-0.25, -0.2) is 9.97 Å². The van der Waals surface area contributed by atoms with E-state index in [2.05, 4.69) is 20.7 Å². The molecule has 0 amide bonds. The molecule has 0 aliphatic heterocycles. The highest BCUT2D eigenvalue weighted by Crippen LogP contribution is 2.37. The minimum atomic E-state index is -0.0169. The van der Waals surface area contributed by atoms with Crippen molar-refractivity contribution >= 4 is 27.4 Å². The summed E-state index contributed by atoms with van der Waals surface area (Å²) in [6, 6.07) is 7.93. The van der Waals surface area contributed by atoms with Gasteiger partial charge in [-0.3, -0.25) is 0 Å². The second-order valence-corrected chi connectivity index (χ2v) is 6.07. The molecular formula is C17H19N3O2S. The topological polar surface area (TPSA) is 67.3 Å². The van der Waals surface area contributed by atoms with Crippen molar-refractivity contribution in [1.82, 2.24) is 9.97 Å². The number of nitrogens with zero attached hydrogens (tertiary/aromatic N) is 2. The zero-order valence-corrected chi connectivity index (χ0v) is 13.9. The molecule has 23 heavy (non-hydrogen) atoms. The van der Waals surface area contributed by atoms with Gasteiger partial charge >= 0.3 is 0 Å². The van der Waals surface area contributed by atoms with Crippen LogP contribution in [0.1, 0.15) is 13.3 Å². The first-order valence-corrected chi connectivity index (χ1v) is 8.38. The fourth-order valence-electron chi connectivity index (χ4n) is 2.44. The van der Waals surface area contributed by atoms with Crippen LogP contribution in [0.2, 0.25) is 0 Å². The highest BCUT2D eigenvalue weighted by atomic mass is 32.1. The number of anilines is 1. The monoisotopic (exact) mass is 329 g/mol.